The average molecular weight is 483 g/mol. The van der Waals surface area contributed by atoms with E-state index in [1.54, 1.807) is 17.2 Å². The maximum absolute atomic E-state index is 13.8. The average Bonchev–Trinajstić information content (AvgIpc) is 3.31. The number of morpholine rings is 1. The van der Waals surface area contributed by atoms with E-state index in [1.807, 2.05) is 20.0 Å². The number of likely N-dealkylation sites (N-methyl/N-ethyl adjacent to an activating group) is 1. The van der Waals surface area contributed by atoms with Crippen molar-refractivity contribution in [2.45, 2.75) is 13.0 Å². The van der Waals surface area contributed by atoms with Gasteiger partial charge in [0.1, 0.15) is 5.82 Å². The van der Waals surface area contributed by atoms with Gasteiger partial charge in [-0.05, 0) is 38.2 Å². The van der Waals surface area contributed by atoms with Crippen LogP contribution < -0.4 is 10.2 Å². The molecule has 10 heteroatoms. The minimum absolute atomic E-state index is 0.0726. The van der Waals surface area contributed by atoms with Crippen LogP contribution in [0.25, 0.3) is 11.0 Å². The van der Waals surface area contributed by atoms with E-state index >= 15 is 0 Å². The van der Waals surface area contributed by atoms with Crippen molar-refractivity contribution in [3.63, 3.8) is 0 Å². The van der Waals surface area contributed by atoms with Gasteiger partial charge in [0.2, 0.25) is 0 Å². The highest BCUT2D eigenvalue weighted by Gasteiger charge is 2.25. The Morgan fingerprint density at radius 3 is 2.60 bits per heavy atom. The Morgan fingerprint density at radius 2 is 1.89 bits per heavy atom. The van der Waals surface area contributed by atoms with Crippen LogP contribution in [0.5, 0.6) is 0 Å². The van der Waals surface area contributed by atoms with Crippen molar-refractivity contribution < 1.29 is 18.3 Å². The second-order valence-corrected chi connectivity index (χ2v) is 9.05. The number of anilines is 2. The highest BCUT2D eigenvalue weighted by atomic mass is 19.2. The molecule has 0 spiro atoms. The monoisotopic (exact) mass is 482 g/mol. The molecule has 2 fully saturated rings. The molecule has 2 aliphatic heterocycles. The molecule has 2 aromatic carbocycles. The van der Waals surface area contributed by atoms with E-state index in [2.05, 4.69) is 20.1 Å². The molecule has 0 saturated carbocycles. The highest BCUT2D eigenvalue weighted by Crippen LogP contribution is 2.29. The summed E-state index contributed by atoms with van der Waals surface area (Å²) in [5.41, 5.74) is 2.97. The SMILES string of the molecule is CC(Nc1ccc(F)c(F)c1)c1cc(C(=O)N2CCN(C)C2)cc2ncc(N3CCOCC3)nc12. The Labute approximate surface area is 202 Å². The molecule has 3 aromatic rings. The molecule has 3 heterocycles. The Balaban J connectivity index is 1.54. The molecule has 184 valence electrons. The number of ether oxygens (including phenoxy) is 1. The van der Waals surface area contributed by atoms with Gasteiger partial charge in [-0.2, -0.15) is 0 Å². The summed E-state index contributed by atoms with van der Waals surface area (Å²) in [5.74, 6) is -1.17. The topological polar surface area (TPSA) is 73.8 Å². The van der Waals surface area contributed by atoms with Gasteiger partial charge in [-0.15, -0.1) is 0 Å². The van der Waals surface area contributed by atoms with Gasteiger partial charge < -0.3 is 19.9 Å². The smallest absolute Gasteiger partial charge is 0.255 e. The number of fused-ring (bicyclic) bond motifs is 1. The first-order chi connectivity index (χ1) is 16.9. The van der Waals surface area contributed by atoms with Crippen molar-refractivity contribution in [3.05, 3.63) is 59.3 Å². The third kappa shape index (κ3) is 4.89. The Morgan fingerprint density at radius 1 is 1.09 bits per heavy atom. The molecule has 35 heavy (non-hydrogen) atoms. The molecule has 0 radical (unpaired) electrons. The number of nitrogens with one attached hydrogen (secondary N) is 1. The van der Waals surface area contributed by atoms with Crippen molar-refractivity contribution >= 4 is 28.4 Å². The van der Waals surface area contributed by atoms with E-state index in [0.717, 1.165) is 43.1 Å². The third-order valence-corrected chi connectivity index (χ3v) is 6.47. The number of nitrogens with zero attached hydrogens (tertiary/aromatic N) is 5. The van der Waals surface area contributed by atoms with Crippen molar-refractivity contribution in [2.24, 2.45) is 0 Å². The number of carbonyl (C=O) groups excluding carboxylic acids is 1. The number of carbonyl (C=O) groups is 1. The Kier molecular flexibility index (Phi) is 6.48. The van der Waals surface area contributed by atoms with Gasteiger partial charge in [-0.1, -0.05) is 0 Å². The zero-order chi connectivity index (χ0) is 24.5. The number of amides is 1. The fourth-order valence-corrected chi connectivity index (χ4v) is 4.52. The summed E-state index contributed by atoms with van der Waals surface area (Å²) in [6, 6.07) is 6.94. The zero-order valence-corrected chi connectivity index (χ0v) is 19.8. The van der Waals surface area contributed by atoms with Crippen molar-refractivity contribution in [1.82, 2.24) is 19.8 Å². The molecule has 0 aliphatic carbocycles. The fourth-order valence-electron chi connectivity index (χ4n) is 4.52. The van der Waals surface area contributed by atoms with Crippen LogP contribution in [0.2, 0.25) is 0 Å². The van der Waals surface area contributed by atoms with Crippen LogP contribution in [0.1, 0.15) is 28.9 Å². The first kappa shape index (κ1) is 23.4. The molecule has 1 aromatic heterocycles. The number of halogens is 2. The summed E-state index contributed by atoms with van der Waals surface area (Å²) < 4.78 is 32.7. The summed E-state index contributed by atoms with van der Waals surface area (Å²) in [6.07, 6.45) is 1.72. The molecule has 5 rings (SSSR count). The van der Waals surface area contributed by atoms with Gasteiger partial charge in [-0.3, -0.25) is 14.7 Å². The molecular formula is C25H28F2N6O2. The van der Waals surface area contributed by atoms with Gasteiger partial charge in [0.05, 0.1) is 43.2 Å². The third-order valence-electron chi connectivity index (χ3n) is 6.47. The zero-order valence-electron chi connectivity index (χ0n) is 19.8. The first-order valence-corrected chi connectivity index (χ1v) is 11.7. The van der Waals surface area contributed by atoms with Gasteiger partial charge in [0.25, 0.3) is 5.91 Å². The van der Waals surface area contributed by atoms with Crippen LogP contribution >= 0.6 is 0 Å². The molecule has 1 amide bonds. The molecule has 1 atom stereocenters. The lowest BCUT2D eigenvalue weighted by atomic mass is 10.0. The molecule has 1 unspecified atom stereocenters. The van der Waals surface area contributed by atoms with E-state index in [-0.39, 0.29) is 11.9 Å². The van der Waals surface area contributed by atoms with Crippen LogP contribution in [0.3, 0.4) is 0 Å². The quantitative estimate of drug-likeness (QED) is 0.598. The predicted octanol–water partition coefficient (Wildman–Crippen LogP) is 3.26. The summed E-state index contributed by atoms with van der Waals surface area (Å²) in [4.78, 5) is 28.8. The van der Waals surface area contributed by atoms with Crippen LogP contribution in [0, 0.1) is 11.6 Å². The van der Waals surface area contributed by atoms with E-state index in [9.17, 15) is 13.6 Å². The largest absolute Gasteiger partial charge is 0.378 e. The van der Waals surface area contributed by atoms with E-state index in [4.69, 9.17) is 9.72 Å². The van der Waals surface area contributed by atoms with Gasteiger partial charge in [0, 0.05) is 49.1 Å². The van der Waals surface area contributed by atoms with Crippen LogP contribution in [0.4, 0.5) is 20.3 Å². The first-order valence-electron chi connectivity index (χ1n) is 11.7. The standard InChI is InChI=1S/C25H28F2N6O2/c1-16(29-18-3-4-20(26)21(27)13-18)19-11-17(25(34)33-6-5-31(2)15-33)12-22-24(19)30-23(14-28-22)32-7-9-35-10-8-32/h3-4,11-14,16,29H,5-10,15H2,1-2H3. The second-order valence-electron chi connectivity index (χ2n) is 9.05. The van der Waals surface area contributed by atoms with Gasteiger partial charge in [-0.25, -0.2) is 13.8 Å². The molecular weight excluding hydrogens is 454 g/mol. The lowest BCUT2D eigenvalue weighted by molar-refractivity contribution is 0.0771. The minimum Gasteiger partial charge on any atom is -0.378 e. The molecule has 8 nitrogen and oxygen atoms in total. The summed E-state index contributed by atoms with van der Waals surface area (Å²) in [6.45, 7) is 6.63. The fraction of sp³-hybridized carbons (Fsp3) is 0.400. The van der Waals surface area contributed by atoms with E-state index < -0.39 is 11.6 Å². The lowest BCUT2D eigenvalue weighted by Gasteiger charge is -2.28. The van der Waals surface area contributed by atoms with E-state index in [0.29, 0.717) is 48.7 Å². The Hall–Kier alpha value is -3.37. The highest BCUT2D eigenvalue weighted by molar-refractivity contribution is 5.98. The summed E-state index contributed by atoms with van der Waals surface area (Å²) >= 11 is 0. The molecule has 2 saturated heterocycles. The minimum atomic E-state index is -0.927. The number of hydrogen-bond acceptors (Lipinski definition) is 7. The lowest BCUT2D eigenvalue weighted by Crippen LogP contribution is -2.36. The van der Waals surface area contributed by atoms with Crippen LogP contribution in [-0.4, -0.2) is 78.8 Å². The van der Waals surface area contributed by atoms with Crippen molar-refractivity contribution in [2.75, 3.05) is 63.3 Å². The maximum atomic E-state index is 13.8. The van der Waals surface area contributed by atoms with Gasteiger partial charge in [0.15, 0.2) is 11.6 Å². The van der Waals surface area contributed by atoms with Crippen molar-refractivity contribution in [1.29, 1.82) is 0 Å². The van der Waals surface area contributed by atoms with Crippen LogP contribution in [-0.2, 0) is 4.74 Å². The molecule has 1 N–H and O–H groups in total. The van der Waals surface area contributed by atoms with E-state index in [1.165, 1.54) is 6.07 Å². The number of rotatable bonds is 5. The second kappa shape index (κ2) is 9.71. The van der Waals surface area contributed by atoms with Crippen molar-refractivity contribution in [3.8, 4) is 0 Å². The van der Waals surface area contributed by atoms with Gasteiger partial charge >= 0.3 is 0 Å². The maximum Gasteiger partial charge on any atom is 0.255 e. The normalized spacial score (nSPS) is 17.7. The number of benzene rings is 2. The number of hydrogen-bond donors (Lipinski definition) is 1. The summed E-state index contributed by atoms with van der Waals surface area (Å²) in [7, 11) is 1.98. The molecule has 0 bridgehead atoms. The number of aromatic nitrogens is 2. The molecule has 2 aliphatic rings. The summed E-state index contributed by atoms with van der Waals surface area (Å²) in [5, 5.41) is 3.22. The Bertz CT molecular complexity index is 1250. The predicted molar refractivity (Wildman–Crippen MR) is 129 cm³/mol. The van der Waals surface area contributed by atoms with Crippen LogP contribution in [0.15, 0.2) is 36.5 Å².